The normalized spacial score (nSPS) is 46.5. The fourth-order valence-corrected chi connectivity index (χ4v) is 5.79. The van der Waals surface area contributed by atoms with Crippen molar-refractivity contribution in [1.82, 2.24) is 26.6 Å². The van der Waals surface area contributed by atoms with E-state index in [1.165, 1.54) is 5.57 Å². The molecule has 1 aliphatic carbocycles. The Labute approximate surface area is 175 Å². The van der Waals surface area contributed by atoms with Gasteiger partial charge >= 0.3 is 0 Å². The van der Waals surface area contributed by atoms with Crippen LogP contribution in [0.15, 0.2) is 11.6 Å². The third kappa shape index (κ3) is 5.02. The first-order chi connectivity index (χ1) is 14.0. The van der Waals surface area contributed by atoms with Crippen LogP contribution < -0.4 is 26.6 Å². The van der Waals surface area contributed by atoms with E-state index in [1.54, 1.807) is 0 Å². The molecule has 166 valence electrons. The average Bonchev–Trinajstić information content (AvgIpc) is 2.92. The summed E-state index contributed by atoms with van der Waals surface area (Å²) in [5, 5.41) is 17.5. The molecule has 0 amide bonds. The van der Waals surface area contributed by atoms with Crippen molar-refractivity contribution in [3.05, 3.63) is 11.6 Å². The number of nitrogens with one attached hydrogen (secondary N) is 5. The molecule has 3 fully saturated rings. The molecule has 5 N–H and O–H groups in total. The third-order valence-electron chi connectivity index (χ3n) is 7.39. The molecule has 0 bridgehead atoms. The van der Waals surface area contributed by atoms with Crippen molar-refractivity contribution >= 4 is 0 Å². The summed E-state index contributed by atoms with van der Waals surface area (Å²) in [6.07, 6.45) is 7.65. The number of rotatable bonds is 4. The molecule has 29 heavy (non-hydrogen) atoms. The van der Waals surface area contributed by atoms with Crippen LogP contribution in [-0.2, 0) is 4.74 Å². The monoisotopic (exact) mass is 409 g/mol. The van der Waals surface area contributed by atoms with Crippen LogP contribution >= 0.6 is 0 Å². The summed E-state index contributed by atoms with van der Waals surface area (Å²) in [7, 11) is 1.97. The second-order valence-corrected chi connectivity index (χ2v) is 9.59. The van der Waals surface area contributed by atoms with Crippen molar-refractivity contribution in [2.24, 2.45) is 11.8 Å². The van der Waals surface area contributed by atoms with Gasteiger partial charge < -0.3 is 15.4 Å². The lowest BCUT2D eigenvalue weighted by Gasteiger charge is -2.49. The standard InChI is InChI=1S/C22H40FN5O/c1-13-6-7-15(8-9-25-13)19-20(23)17(12-16-5-4-10-29-21(16)19)27-22-26-14(2)11-18(24-3)28-22/h8,13-14,16-22,24-28H,4-7,9-12H2,1-3H3. The fourth-order valence-electron chi connectivity index (χ4n) is 5.79. The number of alkyl halides is 1. The van der Waals surface area contributed by atoms with Gasteiger partial charge in [0.25, 0.3) is 0 Å². The summed E-state index contributed by atoms with van der Waals surface area (Å²) in [6.45, 7) is 6.01. The van der Waals surface area contributed by atoms with Crippen molar-refractivity contribution in [3.8, 4) is 0 Å². The maximum Gasteiger partial charge on any atom is 0.124 e. The highest BCUT2D eigenvalue weighted by molar-refractivity contribution is 5.18. The molecule has 9 unspecified atom stereocenters. The molecular formula is C22H40FN5O. The fraction of sp³-hybridized carbons (Fsp3) is 0.909. The van der Waals surface area contributed by atoms with E-state index in [0.717, 1.165) is 51.7 Å². The smallest absolute Gasteiger partial charge is 0.124 e. The van der Waals surface area contributed by atoms with Crippen LogP contribution in [0.3, 0.4) is 0 Å². The Hall–Kier alpha value is -0.570. The molecule has 3 heterocycles. The first-order valence-electron chi connectivity index (χ1n) is 11.7. The lowest BCUT2D eigenvalue weighted by atomic mass is 9.68. The Kier molecular flexibility index (Phi) is 7.25. The zero-order chi connectivity index (χ0) is 20.4. The topological polar surface area (TPSA) is 69.4 Å². The molecule has 0 aromatic heterocycles. The van der Waals surface area contributed by atoms with E-state index in [4.69, 9.17) is 4.74 Å². The van der Waals surface area contributed by atoms with E-state index in [1.807, 2.05) is 7.05 Å². The molecule has 0 spiro atoms. The third-order valence-corrected chi connectivity index (χ3v) is 7.39. The number of hydrogen-bond donors (Lipinski definition) is 5. The highest BCUT2D eigenvalue weighted by Crippen LogP contribution is 2.43. The number of ether oxygens (including phenoxy) is 1. The lowest BCUT2D eigenvalue weighted by molar-refractivity contribution is -0.105. The van der Waals surface area contributed by atoms with Gasteiger partial charge in [-0.05, 0) is 65.3 Å². The minimum absolute atomic E-state index is 0.0349. The van der Waals surface area contributed by atoms with E-state index in [9.17, 15) is 0 Å². The summed E-state index contributed by atoms with van der Waals surface area (Å²) in [5.41, 5.74) is 1.27. The minimum atomic E-state index is -0.928. The Morgan fingerprint density at radius 1 is 1.14 bits per heavy atom. The van der Waals surface area contributed by atoms with Gasteiger partial charge in [-0.25, -0.2) is 4.39 Å². The number of hydrogen-bond acceptors (Lipinski definition) is 6. The number of halogens is 1. The first kappa shape index (κ1) is 21.7. The second kappa shape index (κ2) is 9.71. The van der Waals surface area contributed by atoms with Crippen molar-refractivity contribution in [3.63, 3.8) is 0 Å². The molecule has 3 aliphatic heterocycles. The van der Waals surface area contributed by atoms with Gasteiger partial charge in [-0.15, -0.1) is 0 Å². The predicted octanol–water partition coefficient (Wildman–Crippen LogP) is 1.60. The summed E-state index contributed by atoms with van der Waals surface area (Å²) < 4.78 is 22.3. The van der Waals surface area contributed by atoms with Crippen LogP contribution in [-0.4, -0.2) is 63.1 Å². The SMILES string of the molecule is CNC1CC(C)NC(NC2CC3CCCOC3C(C3=CCNC(C)CC3)C2F)N1. The highest BCUT2D eigenvalue weighted by atomic mass is 19.1. The molecule has 1 saturated carbocycles. The molecule has 6 nitrogen and oxygen atoms in total. The molecule has 0 radical (unpaired) electrons. The molecule has 2 saturated heterocycles. The van der Waals surface area contributed by atoms with E-state index in [-0.39, 0.29) is 30.5 Å². The van der Waals surface area contributed by atoms with E-state index >= 15 is 4.39 Å². The Morgan fingerprint density at radius 3 is 2.83 bits per heavy atom. The van der Waals surface area contributed by atoms with Crippen molar-refractivity contribution < 1.29 is 9.13 Å². The Bertz CT molecular complexity index is 575. The molecular weight excluding hydrogens is 369 g/mol. The molecule has 0 aromatic carbocycles. The molecule has 0 aromatic rings. The largest absolute Gasteiger partial charge is 0.377 e. The zero-order valence-corrected chi connectivity index (χ0v) is 18.2. The van der Waals surface area contributed by atoms with Gasteiger partial charge in [0.05, 0.1) is 12.3 Å². The van der Waals surface area contributed by atoms with Gasteiger partial charge in [0, 0.05) is 37.2 Å². The lowest BCUT2D eigenvalue weighted by Crippen LogP contribution is -2.69. The van der Waals surface area contributed by atoms with E-state index in [2.05, 4.69) is 46.5 Å². The van der Waals surface area contributed by atoms with Gasteiger partial charge in [0.2, 0.25) is 0 Å². The number of fused-ring (bicyclic) bond motifs is 1. The van der Waals surface area contributed by atoms with Crippen LogP contribution in [0.5, 0.6) is 0 Å². The quantitative estimate of drug-likeness (QED) is 0.455. The first-order valence-corrected chi connectivity index (χ1v) is 11.7. The average molecular weight is 410 g/mol. The van der Waals surface area contributed by atoms with Crippen molar-refractivity contribution in [2.45, 2.75) is 95.2 Å². The van der Waals surface area contributed by atoms with Crippen molar-refractivity contribution in [2.75, 3.05) is 20.2 Å². The van der Waals surface area contributed by atoms with Crippen LogP contribution in [0.2, 0.25) is 0 Å². The minimum Gasteiger partial charge on any atom is -0.377 e. The van der Waals surface area contributed by atoms with Crippen LogP contribution in [0.25, 0.3) is 0 Å². The summed E-state index contributed by atoms with van der Waals surface area (Å²) in [4.78, 5) is 0. The second-order valence-electron chi connectivity index (χ2n) is 9.59. The van der Waals surface area contributed by atoms with Gasteiger partial charge in [0.1, 0.15) is 12.5 Å². The molecule has 9 atom stereocenters. The van der Waals surface area contributed by atoms with Crippen LogP contribution in [0.4, 0.5) is 4.39 Å². The van der Waals surface area contributed by atoms with Gasteiger partial charge in [-0.2, -0.15) is 0 Å². The summed E-state index contributed by atoms with van der Waals surface area (Å²) in [6, 6.07) is 0.704. The van der Waals surface area contributed by atoms with E-state index in [0.29, 0.717) is 18.0 Å². The van der Waals surface area contributed by atoms with Gasteiger partial charge in [-0.3, -0.25) is 16.0 Å². The summed E-state index contributed by atoms with van der Waals surface area (Å²) >= 11 is 0. The molecule has 7 heteroatoms. The van der Waals surface area contributed by atoms with Crippen molar-refractivity contribution in [1.29, 1.82) is 0 Å². The Balaban J connectivity index is 1.50. The van der Waals surface area contributed by atoms with Gasteiger partial charge in [0.15, 0.2) is 0 Å². The van der Waals surface area contributed by atoms with Gasteiger partial charge in [-0.1, -0.05) is 11.6 Å². The Morgan fingerprint density at radius 2 is 2.00 bits per heavy atom. The maximum absolute atomic E-state index is 16.1. The summed E-state index contributed by atoms with van der Waals surface area (Å²) in [5.74, 6) is 0.314. The predicted molar refractivity (Wildman–Crippen MR) is 114 cm³/mol. The van der Waals surface area contributed by atoms with Crippen LogP contribution in [0, 0.1) is 11.8 Å². The molecule has 4 rings (SSSR count). The highest BCUT2D eigenvalue weighted by Gasteiger charge is 2.48. The van der Waals surface area contributed by atoms with Crippen LogP contribution in [0.1, 0.15) is 52.4 Å². The van der Waals surface area contributed by atoms with E-state index < -0.39 is 6.17 Å². The molecule has 4 aliphatic rings. The zero-order valence-electron chi connectivity index (χ0n) is 18.2. The maximum atomic E-state index is 16.1.